The molecule has 0 heterocycles. The van der Waals surface area contributed by atoms with E-state index in [1.54, 1.807) is 0 Å². The number of hydrogen-bond acceptors (Lipinski definition) is 3. The first-order chi connectivity index (χ1) is 16.4. The van der Waals surface area contributed by atoms with Gasteiger partial charge in [-0.05, 0) is 72.4 Å². The summed E-state index contributed by atoms with van der Waals surface area (Å²) in [4.78, 5) is 0. The van der Waals surface area contributed by atoms with Crippen molar-refractivity contribution in [2.24, 2.45) is 5.41 Å². The number of hydrogen-bond donors (Lipinski definition) is 1. The molecule has 1 unspecified atom stereocenters. The molecule has 2 rings (SSSR count). The highest BCUT2D eigenvalue weighted by Crippen LogP contribution is 2.40. The zero-order valence-electron chi connectivity index (χ0n) is 23.3. The smallest absolute Gasteiger partial charge is 0.316 e. The van der Waals surface area contributed by atoms with Crippen LogP contribution >= 0.6 is 0 Å². The van der Waals surface area contributed by atoms with Crippen molar-refractivity contribution < 1.29 is 13.1 Å². The highest BCUT2D eigenvalue weighted by Gasteiger charge is 2.28. The van der Waals surface area contributed by atoms with Gasteiger partial charge in [-0.15, -0.1) is 0 Å². The molecule has 35 heavy (non-hydrogen) atoms. The molecule has 0 aliphatic rings. The Morgan fingerprint density at radius 2 is 1.54 bits per heavy atom. The quantitative estimate of drug-likeness (QED) is 0.263. The maximum absolute atomic E-state index is 13.0. The van der Waals surface area contributed by atoms with Gasteiger partial charge in [-0.1, -0.05) is 91.8 Å². The third-order valence-electron chi connectivity index (χ3n) is 6.20. The Hall–Kier alpha value is -2.01. The summed E-state index contributed by atoms with van der Waals surface area (Å²) in [7, 11) is 0. The van der Waals surface area contributed by atoms with Gasteiger partial charge in [-0.25, -0.2) is 0 Å². The van der Waals surface area contributed by atoms with Gasteiger partial charge in [-0.2, -0.15) is 4.21 Å². The molecule has 4 nitrogen and oxygen atoms in total. The Morgan fingerprint density at radius 1 is 0.857 bits per heavy atom. The van der Waals surface area contributed by atoms with Crippen molar-refractivity contribution in [3.8, 4) is 11.5 Å². The summed E-state index contributed by atoms with van der Waals surface area (Å²) in [5.74, 6) is 1.16. The normalized spacial score (nSPS) is 12.9. The molecule has 0 spiro atoms. The number of anilines is 1. The molecule has 1 atom stereocenters. The van der Waals surface area contributed by atoms with Gasteiger partial charge in [0, 0.05) is 0 Å². The van der Waals surface area contributed by atoms with Crippen molar-refractivity contribution in [3.05, 3.63) is 53.1 Å². The summed E-state index contributed by atoms with van der Waals surface area (Å²) in [6.07, 6.45) is 8.25. The molecule has 2 aromatic carbocycles. The van der Waals surface area contributed by atoms with E-state index in [1.807, 2.05) is 44.2 Å². The lowest BCUT2D eigenvalue weighted by Gasteiger charge is -2.33. The maximum atomic E-state index is 13.0. The van der Waals surface area contributed by atoms with Gasteiger partial charge in [0.2, 0.25) is 0 Å². The predicted molar refractivity (Wildman–Crippen MR) is 151 cm³/mol. The summed E-state index contributed by atoms with van der Waals surface area (Å²) in [5, 5.41) is 0. The van der Waals surface area contributed by atoms with Crippen molar-refractivity contribution in [1.82, 2.24) is 0 Å². The molecule has 196 valence electrons. The van der Waals surface area contributed by atoms with Crippen LogP contribution in [0.25, 0.3) is 0 Å². The van der Waals surface area contributed by atoms with E-state index in [-0.39, 0.29) is 10.8 Å². The van der Waals surface area contributed by atoms with Crippen molar-refractivity contribution in [3.63, 3.8) is 0 Å². The first-order valence-electron chi connectivity index (χ1n) is 13.1. The van der Waals surface area contributed by atoms with Gasteiger partial charge >= 0.3 is 11.3 Å². The number of unbranched alkanes of at least 4 members (excludes halogenated alkanes) is 5. The van der Waals surface area contributed by atoms with Gasteiger partial charge in [0.1, 0.15) is 0 Å². The Morgan fingerprint density at radius 3 is 2.23 bits per heavy atom. The molecule has 0 bridgehead atoms. The molecule has 1 N–H and O–H groups in total. The van der Waals surface area contributed by atoms with E-state index < -0.39 is 11.3 Å². The lowest BCUT2D eigenvalue weighted by atomic mass is 9.72. The van der Waals surface area contributed by atoms with Crippen LogP contribution < -0.4 is 13.6 Å². The number of benzene rings is 2. The molecular formula is C30H47NO3S. The molecule has 0 saturated carbocycles. The SMILES string of the molecule is CCCCCCCCOc1ccc(C(C)(C)CC(C)(C)C)cc1OS(=O)Nc1cc(C)ccc1C. The summed E-state index contributed by atoms with van der Waals surface area (Å²) in [6.45, 7) is 18.1. The third kappa shape index (κ3) is 10.2. The highest BCUT2D eigenvalue weighted by atomic mass is 32.2. The second-order valence-electron chi connectivity index (χ2n) is 11.6. The molecular weight excluding hydrogens is 454 g/mol. The van der Waals surface area contributed by atoms with Gasteiger partial charge < -0.3 is 8.92 Å². The molecule has 0 radical (unpaired) electrons. The standard InChI is InChI=1S/C30H47NO3S/c1-9-10-11-12-13-14-19-33-27-18-17-25(30(7,8)22-29(4,5)6)21-28(27)34-35(32)31-26-20-23(2)15-16-24(26)3/h15-18,20-21,31H,9-14,19,22H2,1-8H3. The Bertz CT molecular complexity index is 963. The summed E-state index contributed by atoms with van der Waals surface area (Å²) in [6, 6.07) is 12.1. The van der Waals surface area contributed by atoms with E-state index >= 15 is 0 Å². The average molecular weight is 502 g/mol. The van der Waals surface area contributed by atoms with Crippen LogP contribution in [0.1, 0.15) is 103 Å². The molecule has 0 amide bonds. The van der Waals surface area contributed by atoms with Gasteiger partial charge in [-0.3, -0.25) is 4.72 Å². The van der Waals surface area contributed by atoms with Crippen molar-refractivity contribution in [1.29, 1.82) is 0 Å². The van der Waals surface area contributed by atoms with Gasteiger partial charge in [0.05, 0.1) is 12.3 Å². The zero-order valence-corrected chi connectivity index (χ0v) is 24.1. The van der Waals surface area contributed by atoms with Crippen LogP contribution in [0.4, 0.5) is 5.69 Å². The van der Waals surface area contributed by atoms with Crippen molar-refractivity contribution in [2.45, 2.75) is 106 Å². The van der Waals surface area contributed by atoms with Gasteiger partial charge in [0.25, 0.3) is 0 Å². The Balaban J connectivity index is 2.19. The molecule has 0 saturated heterocycles. The van der Waals surface area contributed by atoms with E-state index in [0.29, 0.717) is 18.1 Å². The maximum Gasteiger partial charge on any atom is 0.316 e. The van der Waals surface area contributed by atoms with Crippen LogP contribution in [0.2, 0.25) is 0 Å². The number of nitrogens with one attached hydrogen (secondary N) is 1. The van der Waals surface area contributed by atoms with E-state index in [0.717, 1.165) is 41.6 Å². The lowest BCUT2D eigenvalue weighted by Crippen LogP contribution is -2.25. The number of rotatable bonds is 14. The van der Waals surface area contributed by atoms with Crippen LogP contribution in [0.3, 0.4) is 0 Å². The molecule has 0 aliphatic carbocycles. The zero-order chi connectivity index (χ0) is 26.1. The third-order valence-corrected chi connectivity index (χ3v) is 6.92. The molecule has 5 heteroatoms. The van der Waals surface area contributed by atoms with Crippen LogP contribution in [0.15, 0.2) is 36.4 Å². The fourth-order valence-corrected chi connectivity index (χ4v) is 5.38. The van der Waals surface area contributed by atoms with Crippen LogP contribution in [-0.2, 0) is 16.7 Å². The number of ether oxygens (including phenoxy) is 1. The van der Waals surface area contributed by atoms with Crippen LogP contribution in [0.5, 0.6) is 11.5 Å². The van der Waals surface area contributed by atoms with Crippen LogP contribution in [0, 0.1) is 19.3 Å². The summed E-state index contributed by atoms with van der Waals surface area (Å²) in [5.41, 5.74) is 4.21. The largest absolute Gasteiger partial charge is 0.490 e. The second kappa shape index (κ2) is 13.3. The first kappa shape index (κ1) is 29.2. The predicted octanol–water partition coefficient (Wildman–Crippen LogP) is 8.83. The monoisotopic (exact) mass is 501 g/mol. The Labute approximate surface area is 217 Å². The average Bonchev–Trinajstić information content (AvgIpc) is 2.74. The second-order valence-corrected chi connectivity index (χ2v) is 12.5. The van der Waals surface area contributed by atoms with Gasteiger partial charge in [0.15, 0.2) is 11.5 Å². The summed E-state index contributed by atoms with van der Waals surface area (Å²) >= 11 is -1.75. The van der Waals surface area contributed by atoms with E-state index in [1.165, 1.54) is 25.7 Å². The number of aryl methyl sites for hydroxylation is 2. The minimum absolute atomic E-state index is 0.0593. The fourth-order valence-electron chi connectivity index (χ4n) is 4.64. The summed E-state index contributed by atoms with van der Waals surface area (Å²) < 4.78 is 28.1. The van der Waals surface area contributed by atoms with Crippen molar-refractivity contribution >= 4 is 17.0 Å². The first-order valence-corrected chi connectivity index (χ1v) is 14.2. The molecule has 2 aromatic rings. The van der Waals surface area contributed by atoms with Crippen molar-refractivity contribution in [2.75, 3.05) is 11.3 Å². The minimum Gasteiger partial charge on any atom is -0.490 e. The van der Waals surface area contributed by atoms with E-state index in [4.69, 9.17) is 8.92 Å². The van der Waals surface area contributed by atoms with Crippen LogP contribution in [-0.4, -0.2) is 10.8 Å². The Kier molecular flexibility index (Phi) is 11.1. The topological polar surface area (TPSA) is 47.6 Å². The van der Waals surface area contributed by atoms with E-state index in [2.05, 4.69) is 52.3 Å². The minimum atomic E-state index is -1.75. The molecule has 0 aliphatic heterocycles. The molecule has 0 fully saturated rings. The fraction of sp³-hybridized carbons (Fsp3) is 0.600. The lowest BCUT2D eigenvalue weighted by molar-refractivity contribution is 0.281. The van der Waals surface area contributed by atoms with E-state index in [9.17, 15) is 4.21 Å². The molecule has 0 aromatic heterocycles. The highest BCUT2D eigenvalue weighted by molar-refractivity contribution is 7.82.